The zero-order chi connectivity index (χ0) is 21.5. The van der Waals surface area contributed by atoms with Crippen LogP contribution in [0.5, 0.6) is 11.5 Å². The number of nitrogens with two attached hydrogens (primary N) is 1. The summed E-state index contributed by atoms with van der Waals surface area (Å²) in [6.45, 7) is 9.55. The summed E-state index contributed by atoms with van der Waals surface area (Å²) in [7, 11) is 0. The first-order valence-electron chi connectivity index (χ1n) is 10.6. The van der Waals surface area contributed by atoms with E-state index in [1.807, 2.05) is 39.0 Å². The third kappa shape index (κ3) is 5.63. The van der Waals surface area contributed by atoms with Crippen LogP contribution in [-0.4, -0.2) is 48.1 Å². The number of benzene rings is 1. The summed E-state index contributed by atoms with van der Waals surface area (Å²) in [5, 5.41) is 3.14. The molecule has 7 heteroatoms. The van der Waals surface area contributed by atoms with E-state index in [0.717, 1.165) is 43.6 Å². The van der Waals surface area contributed by atoms with Crippen molar-refractivity contribution in [3.63, 3.8) is 0 Å². The monoisotopic (exact) mass is 412 g/mol. The predicted octanol–water partition coefficient (Wildman–Crippen LogP) is 3.16. The molecule has 1 amide bonds. The number of aryl methyl sites for hydroxylation is 1. The maximum Gasteiger partial charge on any atom is 0.253 e. The van der Waals surface area contributed by atoms with Gasteiger partial charge in [-0.3, -0.25) is 14.7 Å². The lowest BCUT2D eigenvalue weighted by Crippen LogP contribution is -2.44. The Hall–Kier alpha value is -2.80. The van der Waals surface area contributed by atoms with E-state index < -0.39 is 0 Å². The van der Waals surface area contributed by atoms with E-state index in [2.05, 4.69) is 15.2 Å². The first-order valence-corrected chi connectivity index (χ1v) is 10.6. The van der Waals surface area contributed by atoms with Gasteiger partial charge in [0.05, 0.1) is 18.8 Å². The Morgan fingerprint density at radius 1 is 1.13 bits per heavy atom. The average molecular weight is 413 g/mol. The normalized spacial score (nSPS) is 15.0. The molecule has 1 aliphatic heterocycles. The van der Waals surface area contributed by atoms with E-state index in [1.54, 1.807) is 12.4 Å². The van der Waals surface area contributed by atoms with Crippen molar-refractivity contribution < 1.29 is 14.3 Å². The maximum atomic E-state index is 12.5. The molecular formula is C23H32N4O3. The topological polar surface area (TPSA) is 89.7 Å². The molecule has 1 aromatic carbocycles. The minimum absolute atomic E-state index is 0.0501. The van der Waals surface area contributed by atoms with Gasteiger partial charge < -0.3 is 20.5 Å². The molecular weight excluding hydrogens is 380 g/mol. The molecule has 2 aromatic rings. The van der Waals surface area contributed by atoms with Crippen molar-refractivity contribution in [2.75, 3.05) is 32.0 Å². The quantitative estimate of drug-likeness (QED) is 0.648. The Kier molecular flexibility index (Phi) is 7.52. The summed E-state index contributed by atoms with van der Waals surface area (Å²) in [4.78, 5) is 19.0. The lowest BCUT2D eigenvalue weighted by molar-refractivity contribution is 0.0908. The van der Waals surface area contributed by atoms with E-state index in [4.69, 9.17) is 15.2 Å². The van der Waals surface area contributed by atoms with Gasteiger partial charge in [-0.25, -0.2) is 0 Å². The highest BCUT2D eigenvalue weighted by Crippen LogP contribution is 2.34. The van der Waals surface area contributed by atoms with E-state index in [1.165, 1.54) is 0 Å². The molecule has 1 aromatic heterocycles. The summed E-state index contributed by atoms with van der Waals surface area (Å²) >= 11 is 0. The van der Waals surface area contributed by atoms with Crippen LogP contribution in [0.2, 0.25) is 0 Å². The van der Waals surface area contributed by atoms with E-state index in [9.17, 15) is 4.79 Å². The van der Waals surface area contributed by atoms with E-state index in [0.29, 0.717) is 36.0 Å². The third-order valence-electron chi connectivity index (χ3n) is 5.23. The smallest absolute Gasteiger partial charge is 0.253 e. The van der Waals surface area contributed by atoms with Crippen LogP contribution in [0.15, 0.2) is 30.6 Å². The molecule has 7 nitrogen and oxygen atoms in total. The van der Waals surface area contributed by atoms with Gasteiger partial charge >= 0.3 is 0 Å². The predicted molar refractivity (Wildman–Crippen MR) is 118 cm³/mol. The van der Waals surface area contributed by atoms with Crippen LogP contribution in [0, 0.1) is 6.92 Å². The fraction of sp³-hybridized carbons (Fsp3) is 0.478. The third-order valence-corrected chi connectivity index (χ3v) is 5.23. The van der Waals surface area contributed by atoms with Gasteiger partial charge in [-0.15, -0.1) is 0 Å². The molecule has 1 saturated heterocycles. The summed E-state index contributed by atoms with van der Waals surface area (Å²) < 4.78 is 11.4. The van der Waals surface area contributed by atoms with Crippen LogP contribution < -0.4 is 20.5 Å². The van der Waals surface area contributed by atoms with Gasteiger partial charge in [-0.05, 0) is 62.9 Å². The average Bonchev–Trinajstić information content (AvgIpc) is 2.73. The zero-order valence-electron chi connectivity index (χ0n) is 18.1. The highest BCUT2D eigenvalue weighted by molar-refractivity contribution is 5.94. The molecule has 0 spiro atoms. The Bertz CT molecular complexity index is 836. The molecule has 0 atom stereocenters. The van der Waals surface area contributed by atoms with Gasteiger partial charge in [0.25, 0.3) is 5.91 Å². The molecule has 1 aliphatic rings. The highest BCUT2D eigenvalue weighted by atomic mass is 16.5. The van der Waals surface area contributed by atoms with Crippen LogP contribution in [0.25, 0.3) is 0 Å². The molecule has 0 saturated carbocycles. The van der Waals surface area contributed by atoms with Crippen LogP contribution in [-0.2, 0) is 6.54 Å². The fourth-order valence-corrected chi connectivity index (χ4v) is 3.74. The van der Waals surface area contributed by atoms with Gasteiger partial charge in [0, 0.05) is 38.1 Å². The minimum Gasteiger partial charge on any atom is -0.492 e. The number of hydrogen-bond donors (Lipinski definition) is 2. The number of amides is 1. The van der Waals surface area contributed by atoms with E-state index in [-0.39, 0.29) is 11.9 Å². The van der Waals surface area contributed by atoms with Crippen molar-refractivity contribution >= 4 is 11.6 Å². The second kappa shape index (κ2) is 10.3. The number of likely N-dealkylation sites (tertiary alicyclic amines) is 1. The van der Waals surface area contributed by atoms with Gasteiger partial charge in [0.15, 0.2) is 0 Å². The molecule has 0 bridgehead atoms. The summed E-state index contributed by atoms with van der Waals surface area (Å²) in [5.41, 5.74) is 9.44. The molecule has 30 heavy (non-hydrogen) atoms. The highest BCUT2D eigenvalue weighted by Gasteiger charge is 2.22. The van der Waals surface area contributed by atoms with Crippen LogP contribution in [0.3, 0.4) is 0 Å². The van der Waals surface area contributed by atoms with Crippen molar-refractivity contribution in [1.29, 1.82) is 0 Å². The minimum atomic E-state index is -0.0501. The van der Waals surface area contributed by atoms with Crippen molar-refractivity contribution in [3.05, 3.63) is 47.3 Å². The Labute approximate surface area is 178 Å². The molecule has 3 N–H and O–H groups in total. The first-order chi connectivity index (χ1) is 14.5. The summed E-state index contributed by atoms with van der Waals surface area (Å²) in [6.07, 6.45) is 5.19. The standard InChI is InChI=1S/C23H32N4O3/c1-4-29-20-11-17(12-21(22(20)24)30-5-2)15-27-8-6-19(7-9-27)26-23(28)18-10-16(3)13-25-14-18/h10-14,19H,4-9,15,24H2,1-3H3,(H,26,28). The van der Waals surface area contributed by atoms with E-state index >= 15 is 0 Å². The number of rotatable bonds is 8. The molecule has 0 unspecified atom stereocenters. The van der Waals surface area contributed by atoms with Crippen LogP contribution in [0.1, 0.15) is 48.2 Å². The van der Waals surface area contributed by atoms with Gasteiger partial charge in [-0.1, -0.05) is 0 Å². The number of nitrogens with zero attached hydrogens (tertiary/aromatic N) is 2. The van der Waals surface area contributed by atoms with Crippen molar-refractivity contribution in [2.45, 2.75) is 46.2 Å². The first kappa shape index (κ1) is 21.9. The Morgan fingerprint density at radius 3 is 2.33 bits per heavy atom. The fourth-order valence-electron chi connectivity index (χ4n) is 3.74. The number of anilines is 1. The number of nitrogens with one attached hydrogen (secondary N) is 1. The lowest BCUT2D eigenvalue weighted by Gasteiger charge is -2.32. The molecule has 2 heterocycles. The molecule has 0 radical (unpaired) electrons. The van der Waals surface area contributed by atoms with Crippen molar-refractivity contribution in [2.24, 2.45) is 0 Å². The molecule has 1 fully saturated rings. The molecule has 0 aliphatic carbocycles. The van der Waals surface area contributed by atoms with Crippen molar-refractivity contribution in [3.8, 4) is 11.5 Å². The number of piperidine rings is 1. The van der Waals surface area contributed by atoms with Gasteiger partial charge in [0.2, 0.25) is 0 Å². The number of pyridine rings is 1. The SMILES string of the molecule is CCOc1cc(CN2CCC(NC(=O)c3cncc(C)c3)CC2)cc(OCC)c1N. The zero-order valence-corrected chi connectivity index (χ0v) is 18.1. The largest absolute Gasteiger partial charge is 0.492 e. The number of ether oxygens (including phenoxy) is 2. The van der Waals surface area contributed by atoms with Crippen LogP contribution >= 0.6 is 0 Å². The number of nitrogen functional groups attached to an aromatic ring is 1. The number of aromatic nitrogens is 1. The summed E-state index contributed by atoms with van der Waals surface area (Å²) in [6, 6.07) is 6.04. The molecule has 162 valence electrons. The second-order valence-corrected chi connectivity index (χ2v) is 7.65. The second-order valence-electron chi connectivity index (χ2n) is 7.65. The lowest BCUT2D eigenvalue weighted by atomic mass is 10.0. The van der Waals surface area contributed by atoms with Crippen molar-refractivity contribution in [1.82, 2.24) is 15.2 Å². The van der Waals surface area contributed by atoms with Gasteiger partial charge in [0.1, 0.15) is 17.2 Å². The summed E-state index contributed by atoms with van der Waals surface area (Å²) in [5.74, 6) is 1.30. The Morgan fingerprint density at radius 2 is 1.77 bits per heavy atom. The maximum absolute atomic E-state index is 12.5. The number of carbonyl (C=O) groups is 1. The van der Waals surface area contributed by atoms with Crippen LogP contribution in [0.4, 0.5) is 5.69 Å². The Balaban J connectivity index is 1.57. The van der Waals surface area contributed by atoms with Gasteiger partial charge in [-0.2, -0.15) is 0 Å². The number of carbonyl (C=O) groups excluding carboxylic acids is 1. The molecule has 3 rings (SSSR count). The number of hydrogen-bond acceptors (Lipinski definition) is 6.